The third kappa shape index (κ3) is 11.4. The van der Waals surface area contributed by atoms with Crippen LogP contribution in [-0.4, -0.2) is 42.7 Å². The molecule has 0 heterocycles. The number of carbonyl (C=O) groups excluding carboxylic acids is 2. The fraction of sp³-hybridized carbons (Fsp3) is 0.548. The van der Waals surface area contributed by atoms with Gasteiger partial charge in [0.25, 0.3) is 0 Å². The Balaban J connectivity index is 2.07. The number of rotatable bonds is 16. The van der Waals surface area contributed by atoms with E-state index in [0.717, 1.165) is 43.4 Å². The molecule has 0 spiro atoms. The highest BCUT2D eigenvalue weighted by Gasteiger charge is 2.23. The van der Waals surface area contributed by atoms with E-state index in [2.05, 4.69) is 38.3 Å². The highest BCUT2D eigenvalue weighted by Crippen LogP contribution is 2.16. The number of benzene rings is 2. The first-order chi connectivity index (χ1) is 17.7. The number of methoxy groups -OCH3 is 1. The first kappa shape index (κ1) is 30.4. The monoisotopic (exact) mass is 510 g/mol. The van der Waals surface area contributed by atoms with Crippen molar-refractivity contribution in [3.05, 3.63) is 65.2 Å². The summed E-state index contributed by atoms with van der Waals surface area (Å²) < 4.78 is 4.78. The molecule has 6 nitrogen and oxygen atoms in total. The van der Waals surface area contributed by atoms with E-state index in [4.69, 9.17) is 4.74 Å². The van der Waals surface area contributed by atoms with Gasteiger partial charge in [0.15, 0.2) is 0 Å². The lowest BCUT2D eigenvalue weighted by Gasteiger charge is -2.26. The van der Waals surface area contributed by atoms with Gasteiger partial charge in [-0.1, -0.05) is 64.8 Å². The van der Waals surface area contributed by atoms with Crippen LogP contribution in [0.4, 0.5) is 0 Å². The van der Waals surface area contributed by atoms with E-state index in [1.54, 1.807) is 24.3 Å². The number of aryl methyl sites for hydroxylation is 1. The van der Waals surface area contributed by atoms with E-state index in [9.17, 15) is 14.7 Å². The van der Waals surface area contributed by atoms with Crippen LogP contribution in [0.3, 0.4) is 0 Å². The molecule has 0 aliphatic heterocycles. The fourth-order valence-electron chi connectivity index (χ4n) is 4.51. The highest BCUT2D eigenvalue weighted by atomic mass is 16.5. The molecule has 0 fully saturated rings. The number of aromatic hydroxyl groups is 1. The van der Waals surface area contributed by atoms with Gasteiger partial charge in [-0.25, -0.2) is 4.79 Å². The lowest BCUT2D eigenvalue weighted by molar-refractivity contribution is -0.124. The van der Waals surface area contributed by atoms with Gasteiger partial charge in [-0.05, 0) is 85.9 Å². The van der Waals surface area contributed by atoms with Crippen molar-refractivity contribution in [3.63, 3.8) is 0 Å². The number of hydrogen-bond acceptors (Lipinski definition) is 5. The molecule has 6 heteroatoms. The second-order valence-corrected chi connectivity index (χ2v) is 10.6. The zero-order chi connectivity index (χ0) is 27.2. The van der Waals surface area contributed by atoms with Gasteiger partial charge in [0.1, 0.15) is 5.75 Å². The van der Waals surface area contributed by atoms with Crippen molar-refractivity contribution in [2.75, 3.05) is 13.7 Å². The predicted molar refractivity (Wildman–Crippen MR) is 150 cm³/mol. The van der Waals surface area contributed by atoms with Crippen molar-refractivity contribution in [3.8, 4) is 5.75 Å². The molecule has 204 valence electrons. The van der Waals surface area contributed by atoms with E-state index in [-0.39, 0.29) is 29.7 Å². The molecule has 3 atom stereocenters. The Bertz CT molecular complexity index is 941. The van der Waals surface area contributed by atoms with Crippen LogP contribution in [-0.2, 0) is 22.4 Å². The van der Waals surface area contributed by atoms with E-state index >= 15 is 0 Å². The fourth-order valence-corrected chi connectivity index (χ4v) is 4.51. The van der Waals surface area contributed by atoms with Crippen molar-refractivity contribution in [2.24, 2.45) is 11.8 Å². The molecule has 0 saturated heterocycles. The normalized spacial score (nSPS) is 13.7. The first-order valence-corrected chi connectivity index (χ1v) is 13.7. The van der Waals surface area contributed by atoms with E-state index < -0.39 is 0 Å². The van der Waals surface area contributed by atoms with Gasteiger partial charge in [0.2, 0.25) is 5.91 Å². The van der Waals surface area contributed by atoms with Gasteiger partial charge in [-0.2, -0.15) is 0 Å². The predicted octanol–water partition coefficient (Wildman–Crippen LogP) is 5.67. The molecule has 0 saturated carbocycles. The standard InChI is InChI=1S/C31H46N2O4/c1-6-7-8-23(4)21-32-29(20-25-12-17-28(34)18-13-25)30(35)33-27(19-22(2)3)16-11-24-9-14-26(15-10-24)31(36)37-5/h9-10,12-15,17-18,22-23,27,29,32,34H,6-8,11,16,19-21H2,1-5H3,(H,33,35)/t23-,27+,29-/m0/s1. The van der Waals surface area contributed by atoms with Crippen LogP contribution in [0.5, 0.6) is 5.75 Å². The van der Waals surface area contributed by atoms with Gasteiger partial charge in [0.05, 0.1) is 18.7 Å². The Morgan fingerprint density at radius 2 is 1.59 bits per heavy atom. The van der Waals surface area contributed by atoms with Gasteiger partial charge < -0.3 is 20.5 Å². The Labute approximate surface area is 223 Å². The molecule has 0 aliphatic carbocycles. The van der Waals surface area contributed by atoms with Crippen LogP contribution in [0.2, 0.25) is 0 Å². The Hall–Kier alpha value is -2.86. The zero-order valence-electron chi connectivity index (χ0n) is 23.3. The summed E-state index contributed by atoms with van der Waals surface area (Å²) in [5, 5.41) is 16.5. The van der Waals surface area contributed by atoms with Gasteiger partial charge in [-0.15, -0.1) is 0 Å². The summed E-state index contributed by atoms with van der Waals surface area (Å²) in [6.07, 6.45) is 6.59. The van der Waals surface area contributed by atoms with Gasteiger partial charge >= 0.3 is 5.97 Å². The van der Waals surface area contributed by atoms with E-state index in [1.165, 1.54) is 20.0 Å². The minimum absolute atomic E-state index is 0.0162. The Morgan fingerprint density at radius 3 is 2.19 bits per heavy atom. The van der Waals surface area contributed by atoms with Gasteiger partial charge in [-0.3, -0.25) is 4.79 Å². The zero-order valence-corrected chi connectivity index (χ0v) is 23.3. The van der Waals surface area contributed by atoms with Crippen molar-refractivity contribution in [2.45, 2.75) is 84.7 Å². The second kappa shape index (κ2) is 16.1. The smallest absolute Gasteiger partial charge is 0.337 e. The topological polar surface area (TPSA) is 87.7 Å². The molecular formula is C31H46N2O4. The summed E-state index contributed by atoms with van der Waals surface area (Å²) in [4.78, 5) is 25.2. The maximum Gasteiger partial charge on any atom is 0.337 e. The third-order valence-electron chi connectivity index (χ3n) is 6.71. The van der Waals surface area contributed by atoms with Crippen molar-refractivity contribution < 1.29 is 19.4 Å². The van der Waals surface area contributed by atoms with Crippen LogP contribution >= 0.6 is 0 Å². The number of esters is 1. The largest absolute Gasteiger partial charge is 0.508 e. The number of hydrogen-bond donors (Lipinski definition) is 3. The number of nitrogens with one attached hydrogen (secondary N) is 2. The molecule has 1 amide bonds. The van der Waals surface area contributed by atoms with E-state index in [0.29, 0.717) is 23.8 Å². The number of unbranched alkanes of at least 4 members (excludes halogenated alkanes) is 1. The summed E-state index contributed by atoms with van der Waals surface area (Å²) in [7, 11) is 1.38. The molecule has 0 radical (unpaired) electrons. The first-order valence-electron chi connectivity index (χ1n) is 13.7. The summed E-state index contributed by atoms with van der Waals surface area (Å²) in [6, 6.07) is 14.3. The molecule has 0 aliphatic rings. The lowest BCUT2D eigenvalue weighted by Crippen LogP contribution is -2.50. The summed E-state index contributed by atoms with van der Waals surface area (Å²) in [5.41, 5.74) is 2.67. The minimum atomic E-state index is -0.345. The van der Waals surface area contributed by atoms with Crippen LogP contribution in [0, 0.1) is 11.8 Å². The number of phenols is 1. The molecule has 2 aromatic carbocycles. The molecule has 37 heavy (non-hydrogen) atoms. The SMILES string of the molecule is CCCC[C@H](C)CN[C@@H](Cc1ccc(O)cc1)C(=O)N[C@H](CCc1ccc(C(=O)OC)cc1)CC(C)C. The molecular weight excluding hydrogens is 464 g/mol. The summed E-state index contributed by atoms with van der Waals surface area (Å²) >= 11 is 0. The van der Waals surface area contributed by atoms with Crippen molar-refractivity contribution >= 4 is 11.9 Å². The second-order valence-electron chi connectivity index (χ2n) is 10.6. The average Bonchev–Trinajstić information content (AvgIpc) is 2.88. The molecule has 2 rings (SSSR count). The average molecular weight is 511 g/mol. The Morgan fingerprint density at radius 1 is 0.946 bits per heavy atom. The summed E-state index contributed by atoms with van der Waals surface area (Å²) in [6.45, 7) is 9.56. The molecule has 0 bridgehead atoms. The van der Waals surface area contributed by atoms with Crippen molar-refractivity contribution in [1.29, 1.82) is 0 Å². The van der Waals surface area contributed by atoms with Crippen molar-refractivity contribution in [1.82, 2.24) is 10.6 Å². The van der Waals surface area contributed by atoms with Crippen LogP contribution in [0.15, 0.2) is 48.5 Å². The number of phenolic OH excluding ortho intramolecular Hbond substituents is 1. The summed E-state index contributed by atoms with van der Waals surface area (Å²) in [5.74, 6) is 0.844. The van der Waals surface area contributed by atoms with Crippen LogP contribution in [0.25, 0.3) is 0 Å². The molecule has 2 aromatic rings. The van der Waals surface area contributed by atoms with Gasteiger partial charge in [0, 0.05) is 6.04 Å². The van der Waals surface area contributed by atoms with Crippen LogP contribution < -0.4 is 10.6 Å². The number of ether oxygens (including phenoxy) is 1. The number of amides is 1. The Kier molecular flexibility index (Phi) is 13.2. The van der Waals surface area contributed by atoms with Crippen LogP contribution in [0.1, 0.15) is 81.3 Å². The highest BCUT2D eigenvalue weighted by molar-refractivity contribution is 5.89. The van der Waals surface area contributed by atoms with E-state index in [1.807, 2.05) is 24.3 Å². The minimum Gasteiger partial charge on any atom is -0.508 e. The number of carbonyl (C=O) groups is 2. The maximum absolute atomic E-state index is 13.5. The molecule has 3 N–H and O–H groups in total. The maximum atomic E-state index is 13.5. The third-order valence-corrected chi connectivity index (χ3v) is 6.71. The molecule has 0 unspecified atom stereocenters. The lowest BCUT2D eigenvalue weighted by atomic mass is 9.96. The quantitative estimate of drug-likeness (QED) is 0.253. The molecule has 0 aromatic heterocycles.